The number of aliphatic carboxylic acids is 1. The van der Waals surface area contributed by atoms with Crippen LogP contribution in [-0.4, -0.2) is 55.2 Å². The molecule has 176 valence electrons. The number of nitro benzene ring substituents is 1. The van der Waals surface area contributed by atoms with Crippen molar-refractivity contribution in [3.8, 4) is 17.2 Å². The van der Waals surface area contributed by atoms with Crippen molar-refractivity contribution in [3.63, 3.8) is 0 Å². The summed E-state index contributed by atoms with van der Waals surface area (Å²) in [6.45, 7) is 0. The van der Waals surface area contributed by atoms with Crippen LogP contribution in [0.1, 0.15) is 23.2 Å². The second kappa shape index (κ2) is 11.3. The van der Waals surface area contributed by atoms with Crippen LogP contribution in [0.3, 0.4) is 0 Å². The molecule has 0 fully saturated rings. The lowest BCUT2D eigenvalue weighted by Crippen LogP contribution is -2.44. The molecule has 0 unspecified atom stereocenters. The van der Waals surface area contributed by atoms with Gasteiger partial charge >= 0.3 is 5.97 Å². The lowest BCUT2D eigenvalue weighted by molar-refractivity contribution is -0.384. The van der Waals surface area contributed by atoms with E-state index in [9.17, 15) is 24.5 Å². The molecular weight excluding hydrogens is 438 g/mol. The van der Waals surface area contributed by atoms with E-state index in [1.54, 1.807) is 0 Å². The zero-order valence-electron chi connectivity index (χ0n) is 18.1. The van der Waals surface area contributed by atoms with Gasteiger partial charge in [-0.15, -0.1) is 0 Å². The zero-order chi connectivity index (χ0) is 24.5. The van der Waals surface area contributed by atoms with Gasteiger partial charge in [0.1, 0.15) is 6.04 Å². The maximum absolute atomic E-state index is 12.8. The summed E-state index contributed by atoms with van der Waals surface area (Å²) in [7, 11) is 4.17. The number of ether oxygens (including phenoxy) is 3. The van der Waals surface area contributed by atoms with E-state index in [0.29, 0.717) is 0 Å². The number of anilines is 1. The highest BCUT2D eigenvalue weighted by Crippen LogP contribution is 2.38. The van der Waals surface area contributed by atoms with E-state index in [4.69, 9.17) is 19.3 Å². The van der Waals surface area contributed by atoms with E-state index in [0.717, 1.165) is 0 Å². The third-order valence-electron chi connectivity index (χ3n) is 4.54. The number of benzene rings is 2. The molecule has 0 aliphatic carbocycles. The van der Waals surface area contributed by atoms with Crippen LogP contribution in [0.4, 0.5) is 11.4 Å². The fraction of sp³-hybridized carbons (Fsp3) is 0.286. The van der Waals surface area contributed by atoms with Crippen LogP contribution in [0.25, 0.3) is 0 Å². The minimum Gasteiger partial charge on any atom is -0.493 e. The third kappa shape index (κ3) is 6.56. The van der Waals surface area contributed by atoms with Crippen LogP contribution < -0.4 is 24.8 Å². The van der Waals surface area contributed by atoms with Crippen LogP contribution in [0.5, 0.6) is 17.2 Å². The van der Waals surface area contributed by atoms with Crippen molar-refractivity contribution in [2.45, 2.75) is 18.9 Å². The number of carboxylic acids is 1. The Kier molecular flexibility index (Phi) is 8.55. The number of carbonyl (C=O) groups excluding carboxylic acids is 2. The fourth-order valence-electron chi connectivity index (χ4n) is 2.89. The monoisotopic (exact) mass is 461 g/mol. The Balaban J connectivity index is 2.24. The highest BCUT2D eigenvalue weighted by molar-refractivity contribution is 6.02. The van der Waals surface area contributed by atoms with Crippen molar-refractivity contribution in [1.82, 2.24) is 5.32 Å². The van der Waals surface area contributed by atoms with Crippen LogP contribution in [0, 0.1) is 10.1 Å². The molecule has 2 aromatic rings. The predicted molar refractivity (Wildman–Crippen MR) is 116 cm³/mol. The normalized spacial score (nSPS) is 11.1. The molecule has 0 aromatic heterocycles. The molecule has 2 rings (SSSR count). The van der Waals surface area contributed by atoms with Gasteiger partial charge in [0.25, 0.3) is 11.6 Å². The van der Waals surface area contributed by atoms with Crippen molar-refractivity contribution >= 4 is 29.2 Å². The van der Waals surface area contributed by atoms with E-state index in [-0.39, 0.29) is 47.0 Å². The standard InChI is InChI=1S/C21H23N3O9/c1-31-16-10-12(11-17(32-2)19(16)33-3)20(27)23-15(8-9-18(25)26)21(28)22-13-4-6-14(7-5-13)24(29)30/h4-7,10-11,15H,8-9H2,1-3H3,(H,22,28)(H,23,27)(H,25,26)/t15-/m1/s1. The summed E-state index contributed by atoms with van der Waals surface area (Å²) in [4.78, 5) is 46.8. The topological polar surface area (TPSA) is 166 Å². The molecule has 0 radical (unpaired) electrons. The molecule has 2 aromatic carbocycles. The first-order valence-electron chi connectivity index (χ1n) is 9.58. The van der Waals surface area contributed by atoms with E-state index in [1.165, 1.54) is 57.7 Å². The summed E-state index contributed by atoms with van der Waals surface area (Å²) in [6.07, 6.45) is -0.571. The van der Waals surface area contributed by atoms with Crippen molar-refractivity contribution in [3.05, 3.63) is 52.1 Å². The average molecular weight is 461 g/mol. The third-order valence-corrected chi connectivity index (χ3v) is 4.54. The first kappa shape index (κ1) is 24.9. The van der Waals surface area contributed by atoms with Gasteiger partial charge in [-0.1, -0.05) is 0 Å². The first-order valence-corrected chi connectivity index (χ1v) is 9.58. The smallest absolute Gasteiger partial charge is 0.303 e. The summed E-state index contributed by atoms with van der Waals surface area (Å²) in [6, 6.07) is 6.63. The molecule has 3 N–H and O–H groups in total. The Morgan fingerprint density at radius 3 is 2.06 bits per heavy atom. The number of hydrogen-bond acceptors (Lipinski definition) is 8. The predicted octanol–water partition coefficient (Wildman–Crippen LogP) is 2.22. The van der Waals surface area contributed by atoms with Gasteiger partial charge in [-0.2, -0.15) is 0 Å². The van der Waals surface area contributed by atoms with Gasteiger partial charge < -0.3 is 30.0 Å². The Labute approximate surface area is 188 Å². The largest absolute Gasteiger partial charge is 0.493 e. The number of carbonyl (C=O) groups is 3. The molecule has 0 heterocycles. The van der Waals surface area contributed by atoms with Crippen molar-refractivity contribution < 1.29 is 38.6 Å². The van der Waals surface area contributed by atoms with Gasteiger partial charge in [-0.05, 0) is 30.7 Å². The summed E-state index contributed by atoms with van der Waals surface area (Å²) < 4.78 is 15.6. The fourth-order valence-corrected chi connectivity index (χ4v) is 2.89. The van der Waals surface area contributed by atoms with Crippen molar-refractivity contribution in [2.75, 3.05) is 26.6 Å². The number of amides is 2. The second-order valence-electron chi connectivity index (χ2n) is 6.67. The second-order valence-corrected chi connectivity index (χ2v) is 6.67. The number of hydrogen-bond donors (Lipinski definition) is 3. The summed E-state index contributed by atoms with van der Waals surface area (Å²) in [5.41, 5.74) is 0.173. The number of nitrogens with one attached hydrogen (secondary N) is 2. The lowest BCUT2D eigenvalue weighted by atomic mass is 10.1. The average Bonchev–Trinajstić information content (AvgIpc) is 2.80. The summed E-state index contributed by atoms with van der Waals surface area (Å²) in [5, 5.41) is 24.8. The molecule has 0 saturated heterocycles. The van der Waals surface area contributed by atoms with E-state index < -0.39 is 28.7 Å². The maximum Gasteiger partial charge on any atom is 0.303 e. The van der Waals surface area contributed by atoms with Gasteiger partial charge in [0.15, 0.2) is 11.5 Å². The van der Waals surface area contributed by atoms with Crippen molar-refractivity contribution in [1.29, 1.82) is 0 Å². The maximum atomic E-state index is 12.8. The van der Waals surface area contributed by atoms with E-state index in [1.807, 2.05) is 0 Å². The number of nitro groups is 1. The highest BCUT2D eigenvalue weighted by atomic mass is 16.6. The Morgan fingerprint density at radius 1 is 1.03 bits per heavy atom. The van der Waals surface area contributed by atoms with E-state index >= 15 is 0 Å². The molecule has 0 bridgehead atoms. The minimum atomic E-state index is -1.21. The number of rotatable bonds is 11. The van der Waals surface area contributed by atoms with E-state index in [2.05, 4.69) is 10.6 Å². The lowest BCUT2D eigenvalue weighted by Gasteiger charge is -2.19. The summed E-state index contributed by atoms with van der Waals surface area (Å²) in [5.74, 6) is -1.80. The molecule has 33 heavy (non-hydrogen) atoms. The number of methoxy groups -OCH3 is 3. The van der Waals surface area contributed by atoms with Gasteiger partial charge in [0.05, 0.1) is 26.3 Å². The van der Waals surface area contributed by atoms with Crippen LogP contribution in [0.2, 0.25) is 0 Å². The van der Waals surface area contributed by atoms with Crippen molar-refractivity contribution in [2.24, 2.45) is 0 Å². The Hall–Kier alpha value is -4.35. The molecule has 0 aliphatic rings. The molecular formula is C21H23N3O9. The van der Waals surface area contributed by atoms with Gasteiger partial charge in [0.2, 0.25) is 11.7 Å². The van der Waals surface area contributed by atoms with Gasteiger partial charge in [-0.3, -0.25) is 24.5 Å². The highest BCUT2D eigenvalue weighted by Gasteiger charge is 2.24. The molecule has 1 atom stereocenters. The van der Waals surface area contributed by atoms with Gasteiger partial charge in [-0.25, -0.2) is 0 Å². The number of nitrogens with zero attached hydrogens (tertiary/aromatic N) is 1. The Bertz CT molecular complexity index is 1010. The van der Waals surface area contributed by atoms with Crippen LogP contribution in [0.15, 0.2) is 36.4 Å². The molecule has 0 aliphatic heterocycles. The molecule has 12 heteroatoms. The quantitative estimate of drug-likeness (QED) is 0.336. The Morgan fingerprint density at radius 2 is 1.61 bits per heavy atom. The summed E-state index contributed by atoms with van der Waals surface area (Å²) >= 11 is 0. The SMILES string of the molecule is COc1cc(C(=O)N[C@H](CCC(=O)O)C(=O)Nc2ccc([N+](=O)[O-])cc2)cc(OC)c1OC. The first-order chi connectivity index (χ1) is 15.7. The van der Waals surface area contributed by atoms with Crippen LogP contribution >= 0.6 is 0 Å². The number of non-ortho nitro benzene ring substituents is 1. The van der Waals surface area contributed by atoms with Gasteiger partial charge in [0, 0.05) is 29.8 Å². The molecule has 12 nitrogen and oxygen atoms in total. The molecule has 0 saturated carbocycles. The molecule has 2 amide bonds. The van der Waals surface area contributed by atoms with Crippen LogP contribution in [-0.2, 0) is 9.59 Å². The molecule has 0 spiro atoms. The minimum absolute atomic E-state index is 0.0907. The zero-order valence-corrected chi connectivity index (χ0v) is 18.1. The number of carboxylic acid groups (broad SMARTS) is 1.